The lowest BCUT2D eigenvalue weighted by atomic mass is 10.7. The summed E-state index contributed by atoms with van der Waals surface area (Å²) in [5.41, 5.74) is 0. The van der Waals surface area contributed by atoms with E-state index in [-0.39, 0.29) is 0 Å². The third-order valence-electron chi connectivity index (χ3n) is 0.449. The third kappa shape index (κ3) is 5.49. The molecule has 0 unspecified atom stereocenters. The van der Waals surface area contributed by atoms with E-state index < -0.39 is 10.0 Å². The molecule has 48 valence electrons. The summed E-state index contributed by atoms with van der Waals surface area (Å²) < 4.78 is 22.6. The summed E-state index contributed by atoms with van der Waals surface area (Å²) in [7, 11) is -3.02. The minimum absolute atomic E-state index is 1.10. The van der Waals surface area contributed by atoms with Crippen molar-refractivity contribution < 1.29 is 8.42 Å². The molecule has 0 aliphatic heterocycles. The smallest absolute Gasteiger partial charge is 0.229 e. The highest BCUT2D eigenvalue weighted by molar-refractivity contribution is 7.88. The van der Waals surface area contributed by atoms with Gasteiger partial charge in [0.15, 0.2) is 0 Å². The van der Waals surface area contributed by atoms with Crippen LogP contribution in [0.3, 0.4) is 0 Å². The highest BCUT2D eigenvalue weighted by Gasteiger charge is 1.90. The van der Waals surface area contributed by atoms with Crippen LogP contribution < -0.4 is 4.72 Å². The largest absolute Gasteiger partial charge is 0.291 e. The molecule has 0 fully saturated rings. The molecule has 0 aromatic rings. The van der Waals surface area contributed by atoms with Gasteiger partial charge in [-0.1, -0.05) is 6.08 Å². The van der Waals surface area contributed by atoms with Crippen LogP contribution in [-0.4, -0.2) is 14.7 Å². The number of allylic oxidation sites excluding steroid dienone is 1. The first-order valence-electron chi connectivity index (χ1n) is 2.15. The molecule has 8 heavy (non-hydrogen) atoms. The molecule has 4 heteroatoms. The lowest BCUT2D eigenvalue weighted by Crippen LogP contribution is -2.14. The van der Waals surface area contributed by atoms with E-state index in [2.05, 4.69) is 4.72 Å². The molecule has 0 radical (unpaired) electrons. The van der Waals surface area contributed by atoms with E-state index in [9.17, 15) is 8.42 Å². The molecule has 0 atom stereocenters. The van der Waals surface area contributed by atoms with Crippen LogP contribution in [0.2, 0.25) is 0 Å². The average Bonchev–Trinajstić information content (AvgIpc) is 1.59. The lowest BCUT2D eigenvalue weighted by Gasteiger charge is -1.91. The number of hydrogen-bond acceptors (Lipinski definition) is 2. The summed E-state index contributed by atoms with van der Waals surface area (Å²) in [5.74, 6) is 0. The van der Waals surface area contributed by atoms with Crippen LogP contribution in [-0.2, 0) is 10.0 Å². The van der Waals surface area contributed by atoms with Gasteiger partial charge in [-0.25, -0.2) is 8.42 Å². The highest BCUT2D eigenvalue weighted by Crippen LogP contribution is 1.71. The predicted molar refractivity (Wildman–Crippen MR) is 32.8 cm³/mol. The first kappa shape index (κ1) is 7.49. The Kier molecular flexibility index (Phi) is 2.54. The van der Waals surface area contributed by atoms with Crippen LogP contribution in [0.5, 0.6) is 0 Å². The Labute approximate surface area is 49.5 Å². The molecule has 0 bridgehead atoms. The first-order chi connectivity index (χ1) is 3.56. The van der Waals surface area contributed by atoms with Crippen LogP contribution in [0.15, 0.2) is 12.3 Å². The zero-order chi connectivity index (χ0) is 6.62. The van der Waals surface area contributed by atoms with E-state index in [1.165, 1.54) is 6.20 Å². The van der Waals surface area contributed by atoms with E-state index in [4.69, 9.17) is 0 Å². The van der Waals surface area contributed by atoms with Crippen LogP contribution >= 0.6 is 0 Å². The molecular weight excluding hydrogens is 126 g/mol. The number of hydrogen-bond donors (Lipinski definition) is 1. The molecule has 0 aliphatic rings. The SMILES string of the molecule is C/C=C\NS(C)(=O)=O. The van der Waals surface area contributed by atoms with Gasteiger partial charge in [-0.2, -0.15) is 0 Å². The molecule has 0 amide bonds. The maximum Gasteiger partial charge on any atom is 0.229 e. The van der Waals surface area contributed by atoms with Crippen molar-refractivity contribution in [3.8, 4) is 0 Å². The zero-order valence-electron chi connectivity index (χ0n) is 4.88. The fraction of sp³-hybridized carbons (Fsp3) is 0.500. The topological polar surface area (TPSA) is 46.2 Å². The van der Waals surface area contributed by atoms with Gasteiger partial charge in [-0.05, 0) is 6.92 Å². The molecule has 0 aliphatic carbocycles. The zero-order valence-corrected chi connectivity index (χ0v) is 5.70. The van der Waals surface area contributed by atoms with Crippen molar-refractivity contribution in [1.82, 2.24) is 4.72 Å². The van der Waals surface area contributed by atoms with E-state index >= 15 is 0 Å². The quantitative estimate of drug-likeness (QED) is 0.582. The van der Waals surface area contributed by atoms with Gasteiger partial charge >= 0.3 is 0 Å². The molecule has 0 aromatic heterocycles. The van der Waals surface area contributed by atoms with Crippen molar-refractivity contribution in [3.05, 3.63) is 12.3 Å². The normalized spacial score (nSPS) is 12.2. The Balaban J connectivity index is 3.76. The van der Waals surface area contributed by atoms with Gasteiger partial charge in [0.05, 0.1) is 6.26 Å². The van der Waals surface area contributed by atoms with Gasteiger partial charge in [-0.15, -0.1) is 0 Å². The van der Waals surface area contributed by atoms with Crippen molar-refractivity contribution >= 4 is 10.0 Å². The molecule has 0 spiro atoms. The molecule has 0 saturated heterocycles. The Morgan fingerprint density at radius 2 is 2.00 bits per heavy atom. The Morgan fingerprint density at radius 1 is 1.50 bits per heavy atom. The predicted octanol–water partition coefficient (Wildman–Crippen LogP) is 0.0692. The summed E-state index contributed by atoms with van der Waals surface area (Å²) in [5, 5.41) is 0. The van der Waals surface area contributed by atoms with Gasteiger partial charge in [0, 0.05) is 6.20 Å². The van der Waals surface area contributed by atoms with Crippen LogP contribution in [0.4, 0.5) is 0 Å². The van der Waals surface area contributed by atoms with Crippen molar-refractivity contribution in [2.45, 2.75) is 6.92 Å². The van der Waals surface area contributed by atoms with Crippen molar-refractivity contribution in [3.63, 3.8) is 0 Å². The van der Waals surface area contributed by atoms with Crippen LogP contribution in [0.1, 0.15) is 6.92 Å². The van der Waals surface area contributed by atoms with Gasteiger partial charge in [0.25, 0.3) is 0 Å². The maximum absolute atomic E-state index is 10.2. The minimum Gasteiger partial charge on any atom is -0.291 e. The van der Waals surface area contributed by atoms with E-state index in [1.54, 1.807) is 13.0 Å². The first-order valence-corrected chi connectivity index (χ1v) is 4.04. The third-order valence-corrected chi connectivity index (χ3v) is 1.01. The molecule has 0 heterocycles. The second-order valence-corrected chi connectivity index (χ2v) is 3.17. The summed E-state index contributed by atoms with van der Waals surface area (Å²) in [4.78, 5) is 0. The average molecular weight is 135 g/mol. The van der Waals surface area contributed by atoms with E-state index in [0.717, 1.165) is 6.26 Å². The van der Waals surface area contributed by atoms with Crippen LogP contribution in [0.25, 0.3) is 0 Å². The monoisotopic (exact) mass is 135 g/mol. The van der Waals surface area contributed by atoms with Gasteiger partial charge in [-0.3, -0.25) is 4.72 Å². The van der Waals surface area contributed by atoms with E-state index in [1.807, 2.05) is 0 Å². The molecule has 0 rings (SSSR count). The maximum atomic E-state index is 10.2. The van der Waals surface area contributed by atoms with Gasteiger partial charge < -0.3 is 0 Å². The molecule has 3 nitrogen and oxygen atoms in total. The summed E-state index contributed by atoms with van der Waals surface area (Å²) >= 11 is 0. The Hall–Kier alpha value is -0.510. The second-order valence-electron chi connectivity index (χ2n) is 1.39. The van der Waals surface area contributed by atoms with Crippen molar-refractivity contribution in [2.75, 3.05) is 6.26 Å². The summed E-state index contributed by atoms with van der Waals surface area (Å²) in [6.07, 6.45) is 4.09. The van der Waals surface area contributed by atoms with Crippen LogP contribution in [0, 0.1) is 0 Å². The molecule has 0 aromatic carbocycles. The fourth-order valence-corrected chi connectivity index (χ4v) is 0.575. The van der Waals surface area contributed by atoms with Crippen molar-refractivity contribution in [1.29, 1.82) is 0 Å². The fourth-order valence-electron chi connectivity index (χ4n) is 0.192. The second kappa shape index (κ2) is 2.71. The number of sulfonamides is 1. The number of rotatable bonds is 2. The van der Waals surface area contributed by atoms with E-state index in [0.29, 0.717) is 0 Å². The van der Waals surface area contributed by atoms with Crippen molar-refractivity contribution in [2.24, 2.45) is 0 Å². The summed E-state index contributed by atoms with van der Waals surface area (Å²) in [6, 6.07) is 0. The summed E-state index contributed by atoms with van der Waals surface area (Å²) in [6.45, 7) is 1.73. The van der Waals surface area contributed by atoms with Gasteiger partial charge in [0.2, 0.25) is 10.0 Å². The Morgan fingerprint density at radius 3 is 2.12 bits per heavy atom. The van der Waals surface area contributed by atoms with Gasteiger partial charge in [0.1, 0.15) is 0 Å². The molecule has 1 N–H and O–H groups in total. The highest BCUT2D eigenvalue weighted by atomic mass is 32.2. The number of nitrogens with one attached hydrogen (secondary N) is 1. The minimum atomic E-state index is -3.02. The Bertz CT molecular complexity index is 168. The lowest BCUT2D eigenvalue weighted by molar-refractivity contribution is 0.596. The standard InChI is InChI=1S/C4H9NO2S/c1-3-4-5-8(2,6)7/h3-5H,1-2H3/b4-3-. The molecule has 0 saturated carbocycles. The molecular formula is C4H9NO2S.